The lowest BCUT2D eigenvalue weighted by Crippen LogP contribution is -2.40. The fourth-order valence-electron chi connectivity index (χ4n) is 3.51. The van der Waals surface area contributed by atoms with Crippen LogP contribution in [0.1, 0.15) is 31.7 Å². The summed E-state index contributed by atoms with van der Waals surface area (Å²) in [7, 11) is 0. The van der Waals surface area contributed by atoms with Gasteiger partial charge in [0.2, 0.25) is 5.91 Å². The molecule has 2 aliphatic heterocycles. The molecule has 1 aromatic carbocycles. The van der Waals surface area contributed by atoms with Crippen LogP contribution >= 0.6 is 11.6 Å². The third kappa shape index (κ3) is 2.57. The molecule has 2 fully saturated rings. The Balaban J connectivity index is 1.70. The predicted molar refractivity (Wildman–Crippen MR) is 80.6 cm³/mol. The minimum absolute atomic E-state index is 0.163. The Kier molecular flexibility index (Phi) is 3.99. The first-order valence-corrected chi connectivity index (χ1v) is 7.85. The molecule has 2 saturated heterocycles. The van der Waals surface area contributed by atoms with Gasteiger partial charge in [-0.3, -0.25) is 4.79 Å². The highest BCUT2D eigenvalue weighted by molar-refractivity contribution is 6.31. The number of halogens is 1. The van der Waals surface area contributed by atoms with Gasteiger partial charge in [-0.1, -0.05) is 29.8 Å². The van der Waals surface area contributed by atoms with Crippen LogP contribution in [0.2, 0.25) is 5.02 Å². The number of carbonyl (C=O) groups is 1. The van der Waals surface area contributed by atoms with Crippen LogP contribution in [0.3, 0.4) is 0 Å². The third-order valence-corrected chi connectivity index (χ3v) is 5.00. The van der Waals surface area contributed by atoms with Crippen molar-refractivity contribution in [2.24, 2.45) is 5.92 Å². The van der Waals surface area contributed by atoms with E-state index in [1.807, 2.05) is 36.1 Å². The SMILES string of the molecule is CCN(Cc1ccccc1Cl)C(=O)C1CC2CCC1N2. The maximum atomic E-state index is 12.7. The van der Waals surface area contributed by atoms with E-state index in [0.717, 1.165) is 30.0 Å². The number of amides is 1. The van der Waals surface area contributed by atoms with E-state index in [1.165, 1.54) is 6.42 Å². The molecule has 3 unspecified atom stereocenters. The van der Waals surface area contributed by atoms with Gasteiger partial charge in [-0.05, 0) is 37.8 Å². The number of rotatable bonds is 4. The van der Waals surface area contributed by atoms with Crippen LogP contribution in [0, 0.1) is 5.92 Å². The average Bonchev–Trinajstić information content (AvgIpc) is 3.08. The monoisotopic (exact) mass is 292 g/mol. The molecule has 0 saturated carbocycles. The van der Waals surface area contributed by atoms with Gasteiger partial charge in [-0.2, -0.15) is 0 Å². The number of nitrogens with zero attached hydrogens (tertiary/aromatic N) is 1. The lowest BCUT2D eigenvalue weighted by molar-refractivity contribution is -0.136. The summed E-state index contributed by atoms with van der Waals surface area (Å²) in [4.78, 5) is 14.7. The van der Waals surface area contributed by atoms with Crippen LogP contribution in [0.4, 0.5) is 0 Å². The van der Waals surface area contributed by atoms with E-state index in [2.05, 4.69) is 5.32 Å². The van der Waals surface area contributed by atoms with Crippen molar-refractivity contribution >= 4 is 17.5 Å². The number of hydrogen-bond donors (Lipinski definition) is 1. The molecular formula is C16H21ClN2O. The summed E-state index contributed by atoms with van der Waals surface area (Å²) >= 11 is 6.20. The molecule has 0 aliphatic carbocycles. The largest absolute Gasteiger partial charge is 0.338 e. The number of benzene rings is 1. The summed E-state index contributed by atoms with van der Waals surface area (Å²) in [6.07, 6.45) is 3.37. The maximum Gasteiger partial charge on any atom is 0.227 e. The Hall–Kier alpha value is -1.06. The van der Waals surface area contributed by atoms with Crippen molar-refractivity contribution in [2.75, 3.05) is 6.54 Å². The first-order chi connectivity index (χ1) is 9.69. The van der Waals surface area contributed by atoms with Crippen molar-refractivity contribution in [3.8, 4) is 0 Å². The van der Waals surface area contributed by atoms with Crippen molar-refractivity contribution in [3.05, 3.63) is 34.9 Å². The molecular weight excluding hydrogens is 272 g/mol. The smallest absolute Gasteiger partial charge is 0.227 e. The van der Waals surface area contributed by atoms with Crippen LogP contribution in [-0.4, -0.2) is 29.4 Å². The summed E-state index contributed by atoms with van der Waals surface area (Å²) in [6, 6.07) is 8.73. The van der Waals surface area contributed by atoms with Gasteiger partial charge in [0.25, 0.3) is 0 Å². The predicted octanol–water partition coefficient (Wildman–Crippen LogP) is 2.83. The molecule has 1 N–H and O–H groups in total. The van der Waals surface area contributed by atoms with Crippen LogP contribution < -0.4 is 5.32 Å². The third-order valence-electron chi connectivity index (χ3n) is 4.63. The molecule has 0 spiro atoms. The van der Waals surface area contributed by atoms with Crippen molar-refractivity contribution in [3.63, 3.8) is 0 Å². The lowest BCUT2D eigenvalue weighted by atomic mass is 9.88. The summed E-state index contributed by atoms with van der Waals surface area (Å²) in [6.45, 7) is 3.39. The van der Waals surface area contributed by atoms with E-state index in [9.17, 15) is 4.79 Å². The molecule has 0 radical (unpaired) electrons. The van der Waals surface area contributed by atoms with Gasteiger partial charge < -0.3 is 10.2 Å². The summed E-state index contributed by atoms with van der Waals surface area (Å²) in [5.74, 6) is 0.448. The molecule has 3 rings (SSSR count). The molecule has 2 bridgehead atoms. The summed E-state index contributed by atoms with van der Waals surface area (Å²) < 4.78 is 0. The molecule has 3 nitrogen and oxygen atoms in total. The molecule has 4 heteroatoms. The van der Waals surface area contributed by atoms with E-state index in [0.29, 0.717) is 18.6 Å². The quantitative estimate of drug-likeness (QED) is 0.925. The zero-order chi connectivity index (χ0) is 14.1. The van der Waals surface area contributed by atoms with E-state index in [-0.39, 0.29) is 11.8 Å². The zero-order valence-electron chi connectivity index (χ0n) is 11.8. The molecule has 3 atom stereocenters. The van der Waals surface area contributed by atoms with Crippen molar-refractivity contribution in [1.29, 1.82) is 0 Å². The van der Waals surface area contributed by atoms with Gasteiger partial charge in [-0.25, -0.2) is 0 Å². The van der Waals surface area contributed by atoms with Crippen molar-refractivity contribution in [1.82, 2.24) is 10.2 Å². The molecule has 1 aromatic rings. The van der Waals surface area contributed by atoms with Crippen molar-refractivity contribution in [2.45, 2.75) is 44.8 Å². The fourth-order valence-corrected chi connectivity index (χ4v) is 3.70. The second-order valence-corrected chi connectivity index (χ2v) is 6.24. The normalized spacial score (nSPS) is 27.8. The Labute approximate surface area is 125 Å². The van der Waals surface area contributed by atoms with Gasteiger partial charge >= 0.3 is 0 Å². The number of fused-ring (bicyclic) bond motifs is 2. The Morgan fingerprint density at radius 3 is 2.80 bits per heavy atom. The highest BCUT2D eigenvalue weighted by Gasteiger charge is 2.43. The fraction of sp³-hybridized carbons (Fsp3) is 0.562. The zero-order valence-corrected chi connectivity index (χ0v) is 12.6. The maximum absolute atomic E-state index is 12.7. The first kappa shape index (κ1) is 13.9. The van der Waals surface area contributed by atoms with Gasteiger partial charge in [-0.15, -0.1) is 0 Å². The Bertz CT molecular complexity index is 505. The molecule has 108 valence electrons. The van der Waals surface area contributed by atoms with E-state index >= 15 is 0 Å². The van der Waals surface area contributed by atoms with E-state index < -0.39 is 0 Å². The molecule has 2 heterocycles. The lowest BCUT2D eigenvalue weighted by Gasteiger charge is -2.28. The highest BCUT2D eigenvalue weighted by Crippen LogP contribution is 2.34. The standard InChI is InChI=1S/C16H21ClN2O/c1-2-19(10-11-5-3-4-6-14(11)17)16(20)13-9-12-7-8-15(13)18-12/h3-6,12-13,15,18H,2,7-10H2,1H3. The Morgan fingerprint density at radius 2 is 2.20 bits per heavy atom. The molecule has 1 amide bonds. The van der Waals surface area contributed by atoms with Gasteiger partial charge in [0.05, 0.1) is 5.92 Å². The second kappa shape index (κ2) is 5.74. The molecule has 2 aliphatic rings. The number of carbonyl (C=O) groups excluding carboxylic acids is 1. The van der Waals surface area contributed by atoms with Crippen LogP contribution in [-0.2, 0) is 11.3 Å². The van der Waals surface area contributed by atoms with Crippen LogP contribution in [0.5, 0.6) is 0 Å². The van der Waals surface area contributed by atoms with Crippen LogP contribution in [0.15, 0.2) is 24.3 Å². The molecule has 0 aromatic heterocycles. The minimum Gasteiger partial charge on any atom is -0.338 e. The average molecular weight is 293 g/mol. The van der Waals surface area contributed by atoms with Gasteiger partial charge in [0.15, 0.2) is 0 Å². The molecule has 20 heavy (non-hydrogen) atoms. The van der Waals surface area contributed by atoms with Gasteiger partial charge in [0, 0.05) is 30.2 Å². The van der Waals surface area contributed by atoms with Crippen LogP contribution in [0.25, 0.3) is 0 Å². The van der Waals surface area contributed by atoms with E-state index in [4.69, 9.17) is 11.6 Å². The summed E-state index contributed by atoms with van der Waals surface area (Å²) in [5.41, 5.74) is 1.03. The van der Waals surface area contributed by atoms with Crippen molar-refractivity contribution < 1.29 is 4.79 Å². The Morgan fingerprint density at radius 1 is 1.40 bits per heavy atom. The topological polar surface area (TPSA) is 32.3 Å². The highest BCUT2D eigenvalue weighted by atomic mass is 35.5. The summed E-state index contributed by atoms with van der Waals surface area (Å²) in [5, 5.41) is 4.28. The van der Waals surface area contributed by atoms with E-state index in [1.54, 1.807) is 0 Å². The minimum atomic E-state index is 0.163. The second-order valence-electron chi connectivity index (χ2n) is 5.83. The first-order valence-electron chi connectivity index (χ1n) is 7.47. The number of nitrogens with one attached hydrogen (secondary N) is 1. The number of hydrogen-bond acceptors (Lipinski definition) is 2. The van der Waals surface area contributed by atoms with Gasteiger partial charge in [0.1, 0.15) is 0 Å².